The molecule has 2 aromatic rings. The summed E-state index contributed by atoms with van der Waals surface area (Å²) in [7, 11) is 0. The van der Waals surface area contributed by atoms with Crippen molar-refractivity contribution in [3.8, 4) is 0 Å². The van der Waals surface area contributed by atoms with Crippen molar-refractivity contribution >= 4 is 35.0 Å². The van der Waals surface area contributed by atoms with Gasteiger partial charge in [0.05, 0.1) is 6.42 Å². The first-order valence-corrected chi connectivity index (χ1v) is 11.4. The van der Waals surface area contributed by atoms with Crippen molar-refractivity contribution in [2.45, 2.75) is 64.1 Å². The molecule has 0 unspecified atom stereocenters. The van der Waals surface area contributed by atoms with Crippen molar-refractivity contribution < 1.29 is 14.0 Å². The summed E-state index contributed by atoms with van der Waals surface area (Å²) in [5.41, 5.74) is 0.963. The number of halogens is 3. The molecule has 1 fully saturated rings. The number of carbonyl (C=O) groups is 2. The van der Waals surface area contributed by atoms with Gasteiger partial charge in [0.2, 0.25) is 11.8 Å². The molecule has 166 valence electrons. The van der Waals surface area contributed by atoms with Crippen molar-refractivity contribution in [1.82, 2.24) is 10.2 Å². The Balaban J connectivity index is 1.79. The van der Waals surface area contributed by atoms with Crippen LogP contribution < -0.4 is 5.32 Å². The van der Waals surface area contributed by atoms with Crippen LogP contribution in [0.25, 0.3) is 0 Å². The monoisotopic (exact) mass is 464 g/mol. The van der Waals surface area contributed by atoms with Crippen LogP contribution in [0.15, 0.2) is 42.5 Å². The minimum Gasteiger partial charge on any atom is -0.352 e. The first-order chi connectivity index (χ1) is 14.8. The van der Waals surface area contributed by atoms with E-state index in [9.17, 15) is 14.0 Å². The van der Waals surface area contributed by atoms with Gasteiger partial charge in [0.25, 0.3) is 0 Å². The average molecular weight is 465 g/mol. The fraction of sp³-hybridized carbons (Fsp3) is 0.417. The Bertz CT molecular complexity index is 932. The lowest BCUT2D eigenvalue weighted by Gasteiger charge is -2.31. The Kier molecular flexibility index (Phi) is 8.33. The molecule has 1 aliphatic carbocycles. The standard InChI is InChI=1S/C24H27Cl2FN2O2/c1-16(24(31)28-20-8-3-2-4-9-20)29(15-18-7-5-6-10-22(18)27)23(30)13-17-11-12-19(25)14-21(17)26/h5-7,10-12,14,16,20H,2-4,8-9,13,15H2,1H3,(H,28,31)/t16-/m1/s1. The first-order valence-electron chi connectivity index (χ1n) is 10.6. The highest BCUT2D eigenvalue weighted by Crippen LogP contribution is 2.23. The third-order valence-corrected chi connectivity index (χ3v) is 6.36. The number of benzene rings is 2. The van der Waals surface area contributed by atoms with E-state index >= 15 is 0 Å². The molecule has 1 N–H and O–H groups in total. The molecule has 0 aliphatic heterocycles. The van der Waals surface area contributed by atoms with Crippen LogP contribution in [0, 0.1) is 5.82 Å². The molecule has 4 nitrogen and oxygen atoms in total. The van der Waals surface area contributed by atoms with Gasteiger partial charge in [-0.15, -0.1) is 0 Å². The van der Waals surface area contributed by atoms with Crippen molar-refractivity contribution in [2.24, 2.45) is 0 Å². The number of carbonyl (C=O) groups excluding carboxylic acids is 2. The second-order valence-corrected chi connectivity index (χ2v) is 8.89. The second kappa shape index (κ2) is 11.0. The van der Waals surface area contributed by atoms with E-state index in [1.54, 1.807) is 43.3 Å². The van der Waals surface area contributed by atoms with Crippen molar-refractivity contribution in [2.75, 3.05) is 0 Å². The van der Waals surface area contributed by atoms with Crippen LogP contribution >= 0.6 is 23.2 Å². The van der Waals surface area contributed by atoms with E-state index in [-0.39, 0.29) is 30.8 Å². The molecule has 31 heavy (non-hydrogen) atoms. The average Bonchev–Trinajstić information content (AvgIpc) is 2.75. The van der Waals surface area contributed by atoms with Gasteiger partial charge in [-0.1, -0.05) is 66.7 Å². The van der Waals surface area contributed by atoms with Gasteiger partial charge in [-0.25, -0.2) is 4.39 Å². The lowest BCUT2D eigenvalue weighted by molar-refractivity contribution is -0.140. The zero-order chi connectivity index (χ0) is 22.4. The molecule has 2 amide bonds. The van der Waals surface area contributed by atoms with Gasteiger partial charge in [0.15, 0.2) is 0 Å². The Labute approximate surface area is 192 Å². The fourth-order valence-corrected chi connectivity index (χ4v) is 4.37. The molecule has 0 bridgehead atoms. The van der Waals surface area contributed by atoms with Crippen LogP contribution in [0.5, 0.6) is 0 Å². The van der Waals surface area contributed by atoms with E-state index in [0.29, 0.717) is 21.2 Å². The third kappa shape index (κ3) is 6.44. The predicted molar refractivity (Wildman–Crippen MR) is 122 cm³/mol. The van der Waals surface area contributed by atoms with Crippen molar-refractivity contribution in [3.63, 3.8) is 0 Å². The van der Waals surface area contributed by atoms with Crippen molar-refractivity contribution in [1.29, 1.82) is 0 Å². The van der Waals surface area contributed by atoms with Crippen LogP contribution in [0.2, 0.25) is 10.0 Å². The summed E-state index contributed by atoms with van der Waals surface area (Å²) >= 11 is 12.2. The Hall–Kier alpha value is -2.11. The number of amides is 2. The topological polar surface area (TPSA) is 49.4 Å². The highest BCUT2D eigenvalue weighted by Gasteiger charge is 2.29. The number of nitrogens with one attached hydrogen (secondary N) is 1. The lowest BCUT2D eigenvalue weighted by Crippen LogP contribution is -2.50. The van der Waals surface area contributed by atoms with Crippen LogP contribution in [0.3, 0.4) is 0 Å². The zero-order valence-electron chi connectivity index (χ0n) is 17.5. The number of hydrogen-bond donors (Lipinski definition) is 1. The molecule has 7 heteroatoms. The van der Waals surface area contributed by atoms with Crippen LogP contribution in [0.1, 0.15) is 50.2 Å². The molecule has 2 aromatic carbocycles. The summed E-state index contributed by atoms with van der Waals surface area (Å²) in [6.45, 7) is 1.68. The Morgan fingerprint density at radius 3 is 2.48 bits per heavy atom. The van der Waals surface area contributed by atoms with Crippen LogP contribution in [-0.4, -0.2) is 28.8 Å². The zero-order valence-corrected chi connectivity index (χ0v) is 19.1. The number of hydrogen-bond acceptors (Lipinski definition) is 2. The molecule has 0 saturated heterocycles. The van der Waals surface area contributed by atoms with E-state index in [0.717, 1.165) is 25.7 Å². The number of rotatable bonds is 7. The maximum absolute atomic E-state index is 14.3. The summed E-state index contributed by atoms with van der Waals surface area (Å²) in [6.07, 6.45) is 5.24. The third-order valence-electron chi connectivity index (χ3n) is 5.77. The SMILES string of the molecule is C[C@H](C(=O)NC1CCCCC1)N(Cc1ccccc1F)C(=O)Cc1ccc(Cl)cc1Cl. The molecular weight excluding hydrogens is 438 g/mol. The molecular formula is C24H27Cl2FN2O2. The van der Waals surface area contributed by atoms with Crippen LogP contribution in [0.4, 0.5) is 4.39 Å². The molecule has 0 radical (unpaired) electrons. The second-order valence-electron chi connectivity index (χ2n) is 8.05. The molecule has 0 spiro atoms. The van der Waals surface area contributed by atoms with Crippen molar-refractivity contribution in [3.05, 3.63) is 69.5 Å². The highest BCUT2D eigenvalue weighted by molar-refractivity contribution is 6.35. The van der Waals surface area contributed by atoms with Gasteiger partial charge < -0.3 is 10.2 Å². The maximum atomic E-state index is 14.3. The van der Waals surface area contributed by atoms with Gasteiger partial charge in [-0.05, 0) is 43.5 Å². The molecule has 1 saturated carbocycles. The maximum Gasteiger partial charge on any atom is 0.242 e. The molecule has 0 heterocycles. The van der Waals surface area contributed by atoms with Gasteiger partial charge in [0.1, 0.15) is 11.9 Å². The highest BCUT2D eigenvalue weighted by atomic mass is 35.5. The lowest BCUT2D eigenvalue weighted by atomic mass is 9.95. The fourth-order valence-electron chi connectivity index (χ4n) is 3.89. The summed E-state index contributed by atoms with van der Waals surface area (Å²) < 4.78 is 14.3. The van der Waals surface area contributed by atoms with E-state index in [4.69, 9.17) is 23.2 Å². The minimum atomic E-state index is -0.750. The van der Waals surface area contributed by atoms with Crippen LogP contribution in [-0.2, 0) is 22.6 Å². The molecule has 0 aromatic heterocycles. The predicted octanol–water partition coefficient (Wildman–Crippen LogP) is 5.54. The minimum absolute atomic E-state index is 0.00400. The largest absolute Gasteiger partial charge is 0.352 e. The molecule has 1 aliphatic rings. The van der Waals surface area contributed by atoms with E-state index < -0.39 is 11.9 Å². The molecule has 1 atom stereocenters. The summed E-state index contributed by atoms with van der Waals surface area (Å²) in [5, 5.41) is 3.92. The number of nitrogens with zero attached hydrogens (tertiary/aromatic N) is 1. The van der Waals surface area contributed by atoms with Gasteiger partial charge in [-0.2, -0.15) is 0 Å². The molecule has 3 rings (SSSR count). The summed E-state index contributed by atoms with van der Waals surface area (Å²) in [6, 6.07) is 10.6. The van der Waals surface area contributed by atoms with Gasteiger partial charge in [-0.3, -0.25) is 9.59 Å². The van der Waals surface area contributed by atoms with Gasteiger partial charge >= 0.3 is 0 Å². The summed E-state index contributed by atoms with van der Waals surface area (Å²) in [4.78, 5) is 27.6. The smallest absolute Gasteiger partial charge is 0.242 e. The Morgan fingerprint density at radius 2 is 1.81 bits per heavy atom. The summed E-state index contributed by atoms with van der Waals surface area (Å²) in [5.74, 6) is -0.942. The van der Waals surface area contributed by atoms with Gasteiger partial charge in [0, 0.05) is 28.2 Å². The van der Waals surface area contributed by atoms with E-state index in [1.807, 2.05) is 0 Å². The normalized spacial score (nSPS) is 15.4. The Morgan fingerprint density at radius 1 is 1.10 bits per heavy atom. The van der Waals surface area contributed by atoms with E-state index in [2.05, 4.69) is 5.32 Å². The first kappa shape index (κ1) is 23.6. The quantitative estimate of drug-likeness (QED) is 0.584. The van der Waals surface area contributed by atoms with E-state index in [1.165, 1.54) is 17.4 Å².